The first-order valence-corrected chi connectivity index (χ1v) is 8.01. The van der Waals surface area contributed by atoms with Crippen LogP contribution >= 0.6 is 11.3 Å². The van der Waals surface area contributed by atoms with Gasteiger partial charge in [0.1, 0.15) is 0 Å². The molecule has 0 fully saturated rings. The van der Waals surface area contributed by atoms with Crippen molar-refractivity contribution >= 4 is 11.3 Å². The van der Waals surface area contributed by atoms with Crippen molar-refractivity contribution in [2.45, 2.75) is 25.9 Å². The summed E-state index contributed by atoms with van der Waals surface area (Å²) in [6, 6.07) is 7.25. The molecule has 1 aromatic carbocycles. The lowest BCUT2D eigenvalue weighted by Crippen LogP contribution is -2.23. The quantitative estimate of drug-likeness (QED) is 0.746. The molecule has 2 aromatic heterocycles. The molecule has 3 rings (SSSR count). The van der Waals surface area contributed by atoms with Crippen LogP contribution in [0.1, 0.15) is 37.4 Å². The standard InChI is InChI=1S/C16H15F2N3OS/c1-9(11-5-6-12(17)13(18)8-11)19-10(2)15-20-21-16(22-15)14-4-3-7-23-14/h3-10,19H,1-2H3/t9-,10+/m1/s1. The lowest BCUT2D eigenvalue weighted by molar-refractivity contribution is 0.394. The molecular weight excluding hydrogens is 320 g/mol. The third-order valence-corrected chi connectivity index (χ3v) is 4.34. The second kappa shape index (κ2) is 6.55. The van der Waals surface area contributed by atoms with Gasteiger partial charge in [-0.05, 0) is 43.0 Å². The van der Waals surface area contributed by atoms with Crippen LogP contribution in [0.2, 0.25) is 0 Å². The largest absolute Gasteiger partial charge is 0.418 e. The van der Waals surface area contributed by atoms with E-state index in [9.17, 15) is 8.78 Å². The van der Waals surface area contributed by atoms with Crippen LogP contribution in [0, 0.1) is 11.6 Å². The lowest BCUT2D eigenvalue weighted by atomic mass is 10.1. The highest BCUT2D eigenvalue weighted by molar-refractivity contribution is 7.13. The van der Waals surface area contributed by atoms with Crippen molar-refractivity contribution in [3.63, 3.8) is 0 Å². The Labute approximate surface area is 136 Å². The Balaban J connectivity index is 1.71. The highest BCUT2D eigenvalue weighted by Crippen LogP contribution is 2.26. The maximum Gasteiger partial charge on any atom is 0.257 e. The van der Waals surface area contributed by atoms with Gasteiger partial charge in [-0.3, -0.25) is 5.32 Å². The molecule has 0 saturated carbocycles. The number of nitrogens with zero attached hydrogens (tertiary/aromatic N) is 2. The molecule has 0 aliphatic heterocycles. The molecule has 7 heteroatoms. The van der Waals surface area contributed by atoms with Gasteiger partial charge in [0.05, 0.1) is 10.9 Å². The zero-order valence-electron chi connectivity index (χ0n) is 12.6. The van der Waals surface area contributed by atoms with Crippen molar-refractivity contribution in [2.75, 3.05) is 0 Å². The molecule has 23 heavy (non-hydrogen) atoms. The summed E-state index contributed by atoms with van der Waals surface area (Å²) in [5.74, 6) is -0.792. The van der Waals surface area contributed by atoms with Crippen LogP contribution in [-0.4, -0.2) is 10.2 Å². The SMILES string of the molecule is C[C@H](N[C@H](C)c1ccc(F)c(F)c1)c1nnc(-c2cccs2)o1. The van der Waals surface area contributed by atoms with E-state index in [1.807, 2.05) is 31.4 Å². The minimum Gasteiger partial charge on any atom is -0.418 e. The van der Waals surface area contributed by atoms with E-state index >= 15 is 0 Å². The van der Waals surface area contributed by atoms with Crippen LogP contribution in [0.25, 0.3) is 10.8 Å². The zero-order valence-corrected chi connectivity index (χ0v) is 13.4. The topological polar surface area (TPSA) is 51.0 Å². The maximum absolute atomic E-state index is 13.3. The predicted octanol–water partition coefficient (Wildman–Crippen LogP) is 4.49. The van der Waals surface area contributed by atoms with Gasteiger partial charge in [-0.1, -0.05) is 12.1 Å². The molecule has 0 aliphatic carbocycles. The van der Waals surface area contributed by atoms with Crippen LogP contribution in [0.4, 0.5) is 8.78 Å². The predicted molar refractivity (Wildman–Crippen MR) is 83.9 cm³/mol. The summed E-state index contributed by atoms with van der Waals surface area (Å²) in [5.41, 5.74) is 0.647. The monoisotopic (exact) mass is 335 g/mol. The minimum absolute atomic E-state index is 0.197. The Hall–Kier alpha value is -2.12. The molecule has 2 atom stereocenters. The molecule has 0 saturated heterocycles. The van der Waals surface area contributed by atoms with Crippen LogP contribution < -0.4 is 5.32 Å². The van der Waals surface area contributed by atoms with Gasteiger partial charge in [-0.15, -0.1) is 21.5 Å². The number of hydrogen-bond donors (Lipinski definition) is 1. The first-order chi connectivity index (χ1) is 11.0. The fourth-order valence-corrected chi connectivity index (χ4v) is 2.88. The fourth-order valence-electron chi connectivity index (χ4n) is 2.23. The van der Waals surface area contributed by atoms with Crippen LogP contribution in [0.5, 0.6) is 0 Å². The number of rotatable bonds is 5. The van der Waals surface area contributed by atoms with Gasteiger partial charge in [-0.2, -0.15) is 0 Å². The third-order valence-electron chi connectivity index (χ3n) is 3.49. The maximum atomic E-state index is 13.3. The molecule has 0 unspecified atom stereocenters. The van der Waals surface area contributed by atoms with Gasteiger partial charge < -0.3 is 4.42 Å². The Morgan fingerprint density at radius 2 is 1.91 bits per heavy atom. The van der Waals surface area contributed by atoms with E-state index in [2.05, 4.69) is 15.5 Å². The third kappa shape index (κ3) is 3.46. The summed E-state index contributed by atoms with van der Waals surface area (Å²) in [6.45, 7) is 3.74. The highest BCUT2D eigenvalue weighted by Gasteiger charge is 2.18. The van der Waals surface area contributed by atoms with E-state index in [4.69, 9.17) is 4.42 Å². The summed E-state index contributed by atoms with van der Waals surface area (Å²) in [6.07, 6.45) is 0. The molecule has 1 N–H and O–H groups in total. The molecule has 0 radical (unpaired) electrons. The Bertz CT molecular complexity index is 788. The number of aromatic nitrogens is 2. The molecule has 4 nitrogen and oxygen atoms in total. The van der Waals surface area contributed by atoms with Crippen molar-refractivity contribution < 1.29 is 13.2 Å². The lowest BCUT2D eigenvalue weighted by Gasteiger charge is -2.18. The Morgan fingerprint density at radius 3 is 2.61 bits per heavy atom. The van der Waals surface area contributed by atoms with Crippen LogP contribution in [-0.2, 0) is 0 Å². The summed E-state index contributed by atoms with van der Waals surface area (Å²) < 4.78 is 32.0. The molecule has 0 spiro atoms. The van der Waals surface area contributed by atoms with Gasteiger partial charge in [0, 0.05) is 6.04 Å². The number of hydrogen-bond acceptors (Lipinski definition) is 5. The van der Waals surface area contributed by atoms with Gasteiger partial charge >= 0.3 is 0 Å². The van der Waals surface area contributed by atoms with Crippen molar-refractivity contribution in [3.8, 4) is 10.8 Å². The fraction of sp³-hybridized carbons (Fsp3) is 0.250. The first kappa shape index (κ1) is 15.8. The number of nitrogens with one attached hydrogen (secondary N) is 1. The van der Waals surface area contributed by atoms with E-state index in [0.29, 0.717) is 17.3 Å². The average Bonchev–Trinajstić information content (AvgIpc) is 3.20. The van der Waals surface area contributed by atoms with E-state index in [0.717, 1.165) is 10.9 Å². The second-order valence-corrected chi connectivity index (χ2v) is 6.15. The summed E-state index contributed by atoms with van der Waals surface area (Å²) in [7, 11) is 0. The number of thiophene rings is 1. The van der Waals surface area contributed by atoms with Crippen LogP contribution in [0.15, 0.2) is 40.1 Å². The van der Waals surface area contributed by atoms with E-state index in [-0.39, 0.29) is 12.1 Å². The molecule has 120 valence electrons. The normalized spacial score (nSPS) is 13.9. The van der Waals surface area contributed by atoms with E-state index < -0.39 is 11.6 Å². The Kier molecular flexibility index (Phi) is 4.49. The minimum atomic E-state index is -0.860. The molecule has 0 aliphatic rings. The van der Waals surface area contributed by atoms with Crippen molar-refractivity contribution in [2.24, 2.45) is 0 Å². The van der Waals surface area contributed by atoms with E-state index in [1.165, 1.54) is 17.4 Å². The first-order valence-electron chi connectivity index (χ1n) is 7.13. The van der Waals surface area contributed by atoms with Gasteiger partial charge in [-0.25, -0.2) is 8.78 Å². The summed E-state index contributed by atoms with van der Waals surface area (Å²) >= 11 is 1.52. The van der Waals surface area contributed by atoms with Gasteiger partial charge in [0.2, 0.25) is 5.89 Å². The molecule has 3 aromatic rings. The smallest absolute Gasteiger partial charge is 0.257 e. The van der Waals surface area contributed by atoms with Crippen molar-refractivity contribution in [3.05, 3.63) is 58.8 Å². The average molecular weight is 335 g/mol. The van der Waals surface area contributed by atoms with Gasteiger partial charge in [0.15, 0.2) is 11.6 Å². The summed E-state index contributed by atoms with van der Waals surface area (Å²) in [4.78, 5) is 0.907. The second-order valence-electron chi connectivity index (χ2n) is 5.21. The molecule has 0 amide bonds. The van der Waals surface area contributed by atoms with Crippen LogP contribution in [0.3, 0.4) is 0 Å². The summed E-state index contributed by atoms with van der Waals surface area (Å²) in [5, 5.41) is 13.2. The van der Waals surface area contributed by atoms with Crippen molar-refractivity contribution in [1.82, 2.24) is 15.5 Å². The van der Waals surface area contributed by atoms with Crippen molar-refractivity contribution in [1.29, 1.82) is 0 Å². The number of benzene rings is 1. The molecule has 2 heterocycles. The van der Waals surface area contributed by atoms with E-state index in [1.54, 1.807) is 6.07 Å². The molecule has 0 bridgehead atoms. The zero-order chi connectivity index (χ0) is 16.4. The Morgan fingerprint density at radius 1 is 1.09 bits per heavy atom. The van der Waals surface area contributed by atoms with Gasteiger partial charge in [0.25, 0.3) is 5.89 Å². The molecular formula is C16H15F2N3OS. The highest BCUT2D eigenvalue weighted by atomic mass is 32.1. The number of halogens is 2.